The Balaban J connectivity index is 1.85. The number of aromatic hydroxyl groups is 2. The van der Waals surface area contributed by atoms with E-state index in [1.165, 1.54) is 0 Å². The molecule has 0 amide bonds. The Labute approximate surface area is 179 Å². The second-order valence-corrected chi connectivity index (χ2v) is 8.00. The van der Waals surface area contributed by atoms with Gasteiger partial charge in [0.15, 0.2) is 0 Å². The van der Waals surface area contributed by atoms with Crippen molar-refractivity contribution in [1.82, 2.24) is 0 Å². The normalized spacial score (nSPS) is 19.1. The number of benzene rings is 2. The molecule has 0 spiro atoms. The predicted molar refractivity (Wildman–Crippen MR) is 121 cm³/mol. The zero-order valence-electron chi connectivity index (χ0n) is 18.5. The van der Waals surface area contributed by atoms with Crippen molar-refractivity contribution in [2.45, 2.75) is 52.6 Å². The van der Waals surface area contributed by atoms with Crippen molar-refractivity contribution in [3.8, 4) is 23.0 Å². The molecule has 0 bridgehead atoms. The van der Waals surface area contributed by atoms with Crippen LogP contribution in [0.5, 0.6) is 23.0 Å². The van der Waals surface area contributed by atoms with Gasteiger partial charge in [-0.05, 0) is 51.0 Å². The fourth-order valence-corrected chi connectivity index (χ4v) is 3.93. The molecule has 1 heterocycles. The molecule has 1 saturated heterocycles. The van der Waals surface area contributed by atoms with Crippen LogP contribution < -0.4 is 19.3 Å². The minimum Gasteiger partial charge on any atom is -0.508 e. The predicted octanol–water partition coefficient (Wildman–Crippen LogP) is 4.78. The van der Waals surface area contributed by atoms with Crippen LogP contribution in [0.2, 0.25) is 0 Å². The third-order valence-electron chi connectivity index (χ3n) is 5.41. The molecule has 6 heteroatoms. The topological polar surface area (TPSA) is 65.4 Å². The lowest BCUT2D eigenvalue weighted by atomic mass is 10.0. The minimum absolute atomic E-state index is 0.214. The molecular formula is C24H34N2O4. The van der Waals surface area contributed by atoms with Gasteiger partial charge in [-0.15, -0.1) is 0 Å². The standard InChI is InChI=1S/C24H34N2O4/c1-5-11-29-23-13-19(27)7-9-21(23)25-15-18(4)26(16-17(25)3)22-10-8-20(28)14-24(22)30-12-6-2/h7-10,13-14,17-18,27-28H,5-6,11-12,15-16H2,1-4H3. The molecule has 2 aromatic carbocycles. The summed E-state index contributed by atoms with van der Waals surface area (Å²) < 4.78 is 11.9. The molecular weight excluding hydrogens is 380 g/mol. The summed E-state index contributed by atoms with van der Waals surface area (Å²) in [6, 6.07) is 11.2. The van der Waals surface area contributed by atoms with Crippen molar-refractivity contribution in [2.75, 3.05) is 36.1 Å². The Bertz CT molecular complexity index is 772. The summed E-state index contributed by atoms with van der Waals surface area (Å²) in [6.45, 7) is 11.4. The lowest BCUT2D eigenvalue weighted by Crippen LogP contribution is -2.57. The Hall–Kier alpha value is -2.76. The quantitative estimate of drug-likeness (QED) is 0.648. The average Bonchev–Trinajstić information content (AvgIpc) is 2.72. The van der Waals surface area contributed by atoms with Gasteiger partial charge < -0.3 is 29.5 Å². The molecule has 1 fully saturated rings. The van der Waals surface area contributed by atoms with E-state index in [1.807, 2.05) is 12.1 Å². The number of ether oxygens (including phenoxy) is 2. The van der Waals surface area contributed by atoms with E-state index in [1.54, 1.807) is 24.3 Å². The first kappa shape index (κ1) is 21.9. The van der Waals surface area contributed by atoms with Crippen molar-refractivity contribution in [3.63, 3.8) is 0 Å². The highest BCUT2D eigenvalue weighted by Gasteiger charge is 2.32. The number of hydrogen-bond donors (Lipinski definition) is 2. The number of hydrogen-bond acceptors (Lipinski definition) is 6. The van der Waals surface area contributed by atoms with Crippen LogP contribution in [0.1, 0.15) is 40.5 Å². The van der Waals surface area contributed by atoms with Crippen molar-refractivity contribution in [2.24, 2.45) is 0 Å². The summed E-state index contributed by atoms with van der Waals surface area (Å²) in [7, 11) is 0. The number of nitrogens with zero attached hydrogens (tertiary/aromatic N) is 2. The smallest absolute Gasteiger partial charge is 0.146 e. The van der Waals surface area contributed by atoms with Gasteiger partial charge in [-0.3, -0.25) is 0 Å². The highest BCUT2D eigenvalue weighted by Crippen LogP contribution is 2.39. The molecule has 2 atom stereocenters. The summed E-state index contributed by atoms with van der Waals surface area (Å²) in [5.74, 6) is 1.87. The van der Waals surface area contributed by atoms with E-state index >= 15 is 0 Å². The first-order valence-electron chi connectivity index (χ1n) is 10.9. The Morgan fingerprint density at radius 3 is 1.53 bits per heavy atom. The molecule has 0 radical (unpaired) electrons. The lowest BCUT2D eigenvalue weighted by Gasteiger charge is -2.47. The molecule has 0 aliphatic carbocycles. The zero-order chi connectivity index (χ0) is 21.7. The van der Waals surface area contributed by atoms with Crippen LogP contribution in [-0.2, 0) is 0 Å². The molecule has 0 aromatic heterocycles. The Morgan fingerprint density at radius 2 is 1.17 bits per heavy atom. The minimum atomic E-state index is 0.214. The molecule has 2 aromatic rings. The summed E-state index contributed by atoms with van der Waals surface area (Å²) in [5.41, 5.74) is 2.02. The van der Waals surface area contributed by atoms with Gasteiger partial charge >= 0.3 is 0 Å². The van der Waals surface area contributed by atoms with Crippen LogP contribution in [0.4, 0.5) is 11.4 Å². The lowest BCUT2D eigenvalue weighted by molar-refractivity contribution is 0.311. The van der Waals surface area contributed by atoms with Crippen LogP contribution in [0.25, 0.3) is 0 Å². The second-order valence-electron chi connectivity index (χ2n) is 8.00. The third kappa shape index (κ3) is 4.86. The maximum atomic E-state index is 9.93. The van der Waals surface area contributed by atoms with E-state index in [-0.39, 0.29) is 23.6 Å². The summed E-state index contributed by atoms with van der Waals surface area (Å²) in [6.07, 6.45) is 1.83. The zero-order valence-corrected chi connectivity index (χ0v) is 18.5. The molecule has 164 valence electrons. The Morgan fingerprint density at radius 1 is 0.767 bits per heavy atom. The largest absolute Gasteiger partial charge is 0.508 e. The first-order valence-corrected chi connectivity index (χ1v) is 10.9. The molecule has 3 rings (SSSR count). The molecule has 6 nitrogen and oxygen atoms in total. The fraction of sp³-hybridized carbons (Fsp3) is 0.500. The van der Waals surface area contributed by atoms with Gasteiger partial charge in [0.25, 0.3) is 0 Å². The van der Waals surface area contributed by atoms with Gasteiger partial charge in [-0.2, -0.15) is 0 Å². The van der Waals surface area contributed by atoms with E-state index in [2.05, 4.69) is 37.5 Å². The van der Waals surface area contributed by atoms with Crippen LogP contribution in [-0.4, -0.2) is 48.6 Å². The van der Waals surface area contributed by atoms with Crippen LogP contribution >= 0.6 is 0 Å². The van der Waals surface area contributed by atoms with E-state index in [4.69, 9.17) is 9.47 Å². The van der Waals surface area contributed by atoms with Crippen LogP contribution in [0.3, 0.4) is 0 Å². The first-order chi connectivity index (χ1) is 14.4. The monoisotopic (exact) mass is 414 g/mol. The van der Waals surface area contributed by atoms with E-state index < -0.39 is 0 Å². The maximum Gasteiger partial charge on any atom is 0.146 e. The molecule has 1 aliphatic rings. The maximum absolute atomic E-state index is 9.93. The number of phenolic OH excluding ortho intramolecular Hbond substituents is 2. The summed E-state index contributed by atoms with van der Waals surface area (Å²) in [5, 5.41) is 19.9. The molecule has 2 N–H and O–H groups in total. The average molecular weight is 415 g/mol. The van der Waals surface area contributed by atoms with Crippen molar-refractivity contribution < 1.29 is 19.7 Å². The molecule has 0 saturated carbocycles. The van der Waals surface area contributed by atoms with E-state index in [0.29, 0.717) is 13.2 Å². The van der Waals surface area contributed by atoms with Crippen molar-refractivity contribution >= 4 is 11.4 Å². The van der Waals surface area contributed by atoms with Crippen molar-refractivity contribution in [1.29, 1.82) is 0 Å². The van der Waals surface area contributed by atoms with E-state index in [0.717, 1.165) is 48.8 Å². The number of rotatable bonds is 8. The number of piperazine rings is 1. The van der Waals surface area contributed by atoms with Gasteiger partial charge in [0, 0.05) is 37.3 Å². The highest BCUT2D eigenvalue weighted by atomic mass is 16.5. The molecule has 2 unspecified atom stereocenters. The summed E-state index contributed by atoms with van der Waals surface area (Å²) >= 11 is 0. The number of anilines is 2. The van der Waals surface area contributed by atoms with Crippen molar-refractivity contribution in [3.05, 3.63) is 36.4 Å². The SMILES string of the molecule is CCCOc1cc(O)ccc1N1CC(C)N(c2ccc(O)cc2OCCC)CC1C. The van der Waals surface area contributed by atoms with E-state index in [9.17, 15) is 10.2 Å². The van der Waals surface area contributed by atoms with Gasteiger partial charge in [-0.25, -0.2) is 0 Å². The van der Waals surface area contributed by atoms with Gasteiger partial charge in [0.05, 0.1) is 24.6 Å². The second kappa shape index (κ2) is 9.83. The fourth-order valence-electron chi connectivity index (χ4n) is 3.93. The van der Waals surface area contributed by atoms with Crippen LogP contribution in [0.15, 0.2) is 36.4 Å². The van der Waals surface area contributed by atoms with Gasteiger partial charge in [0.2, 0.25) is 0 Å². The Kier molecular flexibility index (Phi) is 7.19. The van der Waals surface area contributed by atoms with Crippen LogP contribution in [0, 0.1) is 0 Å². The molecule has 1 aliphatic heterocycles. The molecule has 30 heavy (non-hydrogen) atoms. The van der Waals surface area contributed by atoms with Gasteiger partial charge in [0.1, 0.15) is 23.0 Å². The van der Waals surface area contributed by atoms with Gasteiger partial charge in [-0.1, -0.05) is 13.8 Å². The highest BCUT2D eigenvalue weighted by molar-refractivity contribution is 5.66. The third-order valence-corrected chi connectivity index (χ3v) is 5.41. The summed E-state index contributed by atoms with van der Waals surface area (Å²) in [4.78, 5) is 4.69. The number of phenols is 2.